The number of fused-ring (bicyclic) bond motifs is 2. The fourth-order valence-corrected chi connectivity index (χ4v) is 4.48. The summed E-state index contributed by atoms with van der Waals surface area (Å²) in [5.74, 6) is -1.11. The first kappa shape index (κ1) is 24.6. The molecule has 2 N–H and O–H groups in total. The molecule has 1 amide bonds. The van der Waals surface area contributed by atoms with Gasteiger partial charge in [0.1, 0.15) is 18.2 Å². The number of halogens is 2. The molecule has 0 saturated heterocycles. The van der Waals surface area contributed by atoms with Gasteiger partial charge in [0.15, 0.2) is 0 Å². The van der Waals surface area contributed by atoms with Crippen molar-refractivity contribution in [2.24, 2.45) is 0 Å². The van der Waals surface area contributed by atoms with Crippen molar-refractivity contribution >= 4 is 34.5 Å². The number of amides is 1. The Kier molecular flexibility index (Phi) is 7.01. The lowest BCUT2D eigenvalue weighted by Gasteiger charge is -2.13. The molecule has 1 aromatic heterocycles. The minimum atomic E-state index is -0.835. The van der Waals surface area contributed by atoms with Gasteiger partial charge in [-0.2, -0.15) is 0 Å². The van der Waals surface area contributed by atoms with Crippen LogP contribution in [-0.2, 0) is 11.2 Å². The van der Waals surface area contributed by atoms with Crippen LogP contribution in [0.1, 0.15) is 46.9 Å². The van der Waals surface area contributed by atoms with Crippen LogP contribution in [0.4, 0.5) is 4.39 Å². The second-order valence-corrected chi connectivity index (χ2v) is 9.29. The highest BCUT2D eigenvalue weighted by Gasteiger charge is 2.26. The van der Waals surface area contributed by atoms with Crippen molar-refractivity contribution in [3.63, 3.8) is 0 Å². The molecule has 0 spiro atoms. The summed E-state index contributed by atoms with van der Waals surface area (Å²) >= 11 is 6.05. The van der Waals surface area contributed by atoms with Gasteiger partial charge in [-0.25, -0.2) is 14.4 Å². The maximum atomic E-state index is 13.5. The number of benzene rings is 3. The Morgan fingerprint density at radius 3 is 2.62 bits per heavy atom. The number of hydrogen-bond acceptors (Lipinski definition) is 5. The normalized spacial score (nSPS) is 14.3. The summed E-state index contributed by atoms with van der Waals surface area (Å²) < 4.78 is 19.0. The molecule has 0 unspecified atom stereocenters. The van der Waals surface area contributed by atoms with Crippen LogP contribution in [0, 0.1) is 5.82 Å². The van der Waals surface area contributed by atoms with Crippen LogP contribution in [0.5, 0.6) is 5.75 Å². The number of aliphatic carboxylic acids is 1. The number of nitrogens with zero attached hydrogens (tertiary/aromatic N) is 2. The van der Waals surface area contributed by atoms with E-state index in [4.69, 9.17) is 31.4 Å². The quantitative estimate of drug-likeness (QED) is 0.287. The van der Waals surface area contributed by atoms with Crippen molar-refractivity contribution in [3.05, 3.63) is 88.3 Å². The second-order valence-electron chi connectivity index (χ2n) is 8.85. The molecule has 3 aromatic carbocycles. The predicted molar refractivity (Wildman–Crippen MR) is 137 cm³/mol. The average molecular weight is 520 g/mol. The van der Waals surface area contributed by atoms with E-state index >= 15 is 0 Å². The SMILES string of the molecule is O=C(O)CCCCc1nc2cc(C(=O)N[C@@H]3COc4cc(F)ccc43)ccc2nc1-c1ccc(Cl)cc1. The van der Waals surface area contributed by atoms with E-state index in [-0.39, 0.29) is 25.0 Å². The van der Waals surface area contributed by atoms with Gasteiger partial charge in [0, 0.05) is 34.2 Å². The van der Waals surface area contributed by atoms with Crippen molar-refractivity contribution in [3.8, 4) is 17.0 Å². The summed E-state index contributed by atoms with van der Waals surface area (Å²) in [5.41, 5.74) is 4.59. The molecule has 2 heterocycles. The Morgan fingerprint density at radius 1 is 1.03 bits per heavy atom. The number of carbonyl (C=O) groups is 2. The fourth-order valence-electron chi connectivity index (χ4n) is 4.36. The summed E-state index contributed by atoms with van der Waals surface area (Å²) in [6, 6.07) is 16.3. The van der Waals surface area contributed by atoms with Crippen molar-refractivity contribution < 1.29 is 23.8 Å². The number of hydrogen-bond donors (Lipinski definition) is 2. The number of ether oxygens (including phenoxy) is 1. The molecular formula is C28H23ClFN3O4. The zero-order valence-electron chi connectivity index (χ0n) is 19.7. The van der Waals surface area contributed by atoms with Gasteiger partial charge in [0.25, 0.3) is 5.91 Å². The largest absolute Gasteiger partial charge is 0.491 e. The number of carboxylic acids is 1. The van der Waals surface area contributed by atoms with Gasteiger partial charge in [-0.05, 0) is 55.7 Å². The smallest absolute Gasteiger partial charge is 0.303 e. The minimum absolute atomic E-state index is 0.0856. The Hall–Kier alpha value is -4.04. The fraction of sp³-hybridized carbons (Fsp3) is 0.214. The lowest BCUT2D eigenvalue weighted by Crippen LogP contribution is -2.29. The third-order valence-electron chi connectivity index (χ3n) is 6.23. The molecule has 188 valence electrons. The van der Waals surface area contributed by atoms with Gasteiger partial charge >= 0.3 is 5.97 Å². The van der Waals surface area contributed by atoms with Gasteiger partial charge in [-0.3, -0.25) is 9.59 Å². The van der Waals surface area contributed by atoms with Gasteiger partial charge < -0.3 is 15.2 Å². The summed E-state index contributed by atoms with van der Waals surface area (Å²) in [5, 5.41) is 12.5. The topological polar surface area (TPSA) is 101 Å². The third-order valence-corrected chi connectivity index (χ3v) is 6.48. The van der Waals surface area contributed by atoms with E-state index in [9.17, 15) is 14.0 Å². The molecule has 1 atom stereocenters. The van der Waals surface area contributed by atoms with Crippen LogP contribution >= 0.6 is 11.6 Å². The Labute approximate surface area is 217 Å². The van der Waals surface area contributed by atoms with Crippen LogP contribution in [-0.4, -0.2) is 33.6 Å². The van der Waals surface area contributed by atoms with E-state index in [1.807, 2.05) is 12.1 Å². The number of carboxylic acid groups (broad SMARTS) is 1. The maximum Gasteiger partial charge on any atom is 0.303 e. The van der Waals surface area contributed by atoms with Crippen molar-refractivity contribution in [1.82, 2.24) is 15.3 Å². The lowest BCUT2D eigenvalue weighted by molar-refractivity contribution is -0.137. The molecule has 1 aliphatic rings. The Morgan fingerprint density at radius 2 is 1.84 bits per heavy atom. The summed E-state index contributed by atoms with van der Waals surface area (Å²) in [6.45, 7) is 0.225. The standard InChI is InChI=1S/C28H23ClFN3O4/c29-18-8-5-16(6-9-18)27-22(3-1-2-4-26(34)35)31-23-13-17(7-12-21(23)32-27)28(36)33-24-15-37-25-14-19(30)10-11-20(24)25/h5-14,24H,1-4,15H2,(H,33,36)(H,34,35)/t24-/m1/s1. The summed E-state index contributed by atoms with van der Waals surface area (Å²) in [7, 11) is 0. The lowest BCUT2D eigenvalue weighted by atomic mass is 10.0. The van der Waals surface area contributed by atoms with Gasteiger partial charge in [0.2, 0.25) is 0 Å². The highest BCUT2D eigenvalue weighted by atomic mass is 35.5. The number of aryl methyl sites for hydroxylation is 1. The first-order valence-corrected chi connectivity index (χ1v) is 12.3. The van der Waals surface area contributed by atoms with Crippen molar-refractivity contribution in [2.45, 2.75) is 31.7 Å². The summed E-state index contributed by atoms with van der Waals surface area (Å²) in [6.07, 6.45) is 1.78. The molecule has 0 radical (unpaired) electrons. The molecule has 1 aliphatic heterocycles. The van der Waals surface area contributed by atoms with E-state index in [0.29, 0.717) is 52.3 Å². The maximum absolute atomic E-state index is 13.5. The Balaban J connectivity index is 1.42. The van der Waals surface area contributed by atoms with E-state index in [1.165, 1.54) is 12.1 Å². The van der Waals surface area contributed by atoms with E-state index in [0.717, 1.165) is 16.8 Å². The molecule has 9 heteroatoms. The molecular weight excluding hydrogens is 497 g/mol. The molecule has 37 heavy (non-hydrogen) atoms. The highest BCUT2D eigenvalue weighted by Crippen LogP contribution is 2.33. The molecule has 7 nitrogen and oxygen atoms in total. The van der Waals surface area contributed by atoms with Crippen LogP contribution < -0.4 is 10.1 Å². The minimum Gasteiger partial charge on any atom is -0.491 e. The highest BCUT2D eigenvalue weighted by molar-refractivity contribution is 6.30. The Bertz CT molecular complexity index is 1490. The first-order chi connectivity index (χ1) is 17.9. The summed E-state index contributed by atoms with van der Waals surface area (Å²) in [4.78, 5) is 33.6. The first-order valence-electron chi connectivity index (χ1n) is 11.9. The van der Waals surface area contributed by atoms with E-state index < -0.39 is 11.8 Å². The van der Waals surface area contributed by atoms with Crippen LogP contribution in [0.25, 0.3) is 22.3 Å². The second kappa shape index (κ2) is 10.5. The average Bonchev–Trinajstić information content (AvgIpc) is 3.27. The van der Waals surface area contributed by atoms with Crippen LogP contribution in [0.15, 0.2) is 60.7 Å². The number of carbonyl (C=O) groups excluding carboxylic acids is 1. The number of aromatic nitrogens is 2. The molecule has 5 rings (SSSR count). The molecule has 0 aliphatic carbocycles. The van der Waals surface area contributed by atoms with Crippen LogP contribution in [0.3, 0.4) is 0 Å². The van der Waals surface area contributed by atoms with Crippen molar-refractivity contribution in [2.75, 3.05) is 6.61 Å². The number of unbranched alkanes of at least 4 members (excludes halogenated alkanes) is 1. The molecule has 0 saturated carbocycles. The monoisotopic (exact) mass is 519 g/mol. The molecule has 4 aromatic rings. The van der Waals surface area contributed by atoms with E-state index in [2.05, 4.69) is 5.32 Å². The van der Waals surface area contributed by atoms with Gasteiger partial charge in [-0.1, -0.05) is 29.8 Å². The zero-order valence-corrected chi connectivity index (χ0v) is 20.5. The molecule has 0 bridgehead atoms. The third kappa shape index (κ3) is 5.54. The van der Waals surface area contributed by atoms with Crippen molar-refractivity contribution in [1.29, 1.82) is 0 Å². The number of nitrogens with one attached hydrogen (secondary N) is 1. The number of rotatable bonds is 8. The zero-order chi connectivity index (χ0) is 25.9. The van der Waals surface area contributed by atoms with E-state index in [1.54, 1.807) is 36.4 Å². The van der Waals surface area contributed by atoms with Gasteiger partial charge in [-0.15, -0.1) is 0 Å². The predicted octanol–water partition coefficient (Wildman–Crippen LogP) is 5.75. The molecule has 0 fully saturated rings. The van der Waals surface area contributed by atoms with Gasteiger partial charge in [0.05, 0.1) is 28.5 Å². The van der Waals surface area contributed by atoms with Crippen LogP contribution in [0.2, 0.25) is 5.02 Å².